The van der Waals surface area contributed by atoms with Crippen LogP contribution in [0.3, 0.4) is 0 Å². The Kier molecular flexibility index (Phi) is 5.85. The van der Waals surface area contributed by atoms with Crippen molar-refractivity contribution in [1.82, 2.24) is 9.97 Å². The summed E-state index contributed by atoms with van der Waals surface area (Å²) in [6.45, 7) is 5.15. The van der Waals surface area contributed by atoms with E-state index < -0.39 is 0 Å². The number of ether oxygens (including phenoxy) is 1. The van der Waals surface area contributed by atoms with Crippen molar-refractivity contribution in [2.75, 3.05) is 6.54 Å². The molecule has 3 aromatic heterocycles. The van der Waals surface area contributed by atoms with Crippen molar-refractivity contribution in [2.24, 2.45) is 9.98 Å². The van der Waals surface area contributed by atoms with Gasteiger partial charge >= 0.3 is 0 Å². The smallest absolute Gasteiger partial charge is 0.153 e. The number of dihydropyridines is 1. The lowest BCUT2D eigenvalue weighted by Crippen LogP contribution is -2.12. The third kappa shape index (κ3) is 4.55. The van der Waals surface area contributed by atoms with E-state index in [1.54, 1.807) is 0 Å². The van der Waals surface area contributed by atoms with Crippen LogP contribution in [0.25, 0.3) is 17.2 Å². The molecule has 39 heavy (non-hydrogen) atoms. The van der Waals surface area contributed by atoms with Gasteiger partial charge in [0.2, 0.25) is 0 Å². The van der Waals surface area contributed by atoms with Crippen molar-refractivity contribution in [2.45, 2.75) is 25.3 Å². The average Bonchev–Trinajstić information content (AvgIpc) is 3.39. The van der Waals surface area contributed by atoms with E-state index in [1.165, 1.54) is 0 Å². The number of aliphatic imine (C=N–C) groups is 2. The zero-order chi connectivity index (χ0) is 26.2. The highest BCUT2D eigenvalue weighted by Crippen LogP contribution is 2.30. The molecule has 0 bridgehead atoms. The predicted octanol–water partition coefficient (Wildman–Crippen LogP) is 6.78. The summed E-state index contributed by atoms with van der Waals surface area (Å²) in [4.78, 5) is 19.3. The van der Waals surface area contributed by atoms with Crippen LogP contribution in [0.2, 0.25) is 0 Å². The van der Waals surface area contributed by atoms with Crippen LogP contribution in [-0.2, 0) is 13.0 Å². The molecule has 0 saturated heterocycles. The highest BCUT2D eigenvalue weighted by molar-refractivity contribution is 6.09. The van der Waals surface area contributed by atoms with Crippen molar-refractivity contribution in [3.8, 4) is 5.75 Å². The van der Waals surface area contributed by atoms with Crippen LogP contribution in [0.1, 0.15) is 46.2 Å². The van der Waals surface area contributed by atoms with Gasteiger partial charge in [0, 0.05) is 29.7 Å². The number of furan rings is 1. The fourth-order valence-electron chi connectivity index (χ4n) is 5.10. The molecule has 1 aromatic carbocycles. The molecule has 0 fully saturated rings. The largest absolute Gasteiger partial charge is 0.459 e. The molecule has 1 aliphatic carbocycles. The fourth-order valence-corrected chi connectivity index (χ4v) is 5.10. The summed E-state index contributed by atoms with van der Waals surface area (Å²) in [6, 6.07) is 16.0. The van der Waals surface area contributed by atoms with Gasteiger partial charge in [-0.1, -0.05) is 49.1 Å². The number of aryl methyl sites for hydroxylation is 1. The van der Waals surface area contributed by atoms with Crippen molar-refractivity contribution in [3.05, 3.63) is 131 Å². The molecule has 2 aliphatic heterocycles. The molecular formula is C33H26N4O2. The molecule has 6 heteroatoms. The first-order valence-corrected chi connectivity index (χ1v) is 13.2. The Morgan fingerprint density at radius 2 is 1.77 bits per heavy atom. The molecule has 3 aliphatic rings. The molecule has 0 saturated carbocycles. The van der Waals surface area contributed by atoms with Gasteiger partial charge in [0.15, 0.2) is 5.58 Å². The van der Waals surface area contributed by atoms with Crippen LogP contribution >= 0.6 is 0 Å². The van der Waals surface area contributed by atoms with Crippen LogP contribution in [0.4, 0.5) is 0 Å². The Bertz CT molecular complexity index is 1750. The number of hydrogen-bond donors (Lipinski definition) is 0. The predicted molar refractivity (Wildman–Crippen MR) is 154 cm³/mol. The molecule has 1 atom stereocenters. The van der Waals surface area contributed by atoms with Gasteiger partial charge in [0.25, 0.3) is 0 Å². The lowest BCUT2D eigenvalue weighted by atomic mass is 9.96. The van der Waals surface area contributed by atoms with Crippen LogP contribution in [0.15, 0.2) is 112 Å². The van der Waals surface area contributed by atoms with Gasteiger partial charge in [-0.25, -0.2) is 4.98 Å². The maximum Gasteiger partial charge on any atom is 0.153 e. The SMILES string of the molecule is C=C1/C=C\C(c2ccc(C3C=CC(c4ccc5oc6c(c5n4)C=CCC6)=NC3)cn2)=N/Cc2ccccc2O1. The molecule has 4 aromatic rings. The van der Waals surface area contributed by atoms with Gasteiger partial charge in [0.05, 0.1) is 35.9 Å². The van der Waals surface area contributed by atoms with Crippen molar-refractivity contribution in [3.63, 3.8) is 0 Å². The van der Waals surface area contributed by atoms with E-state index >= 15 is 0 Å². The minimum absolute atomic E-state index is 0.154. The van der Waals surface area contributed by atoms with E-state index in [9.17, 15) is 0 Å². The molecule has 1 unspecified atom stereocenters. The highest BCUT2D eigenvalue weighted by Gasteiger charge is 2.19. The summed E-state index contributed by atoms with van der Waals surface area (Å²) >= 11 is 0. The fraction of sp³-hybridized carbons (Fsp3) is 0.152. The zero-order valence-electron chi connectivity index (χ0n) is 21.4. The lowest BCUT2D eigenvalue weighted by molar-refractivity contribution is 0.442. The van der Waals surface area contributed by atoms with Crippen LogP contribution in [0, 0.1) is 0 Å². The minimum atomic E-state index is 0.154. The van der Waals surface area contributed by atoms with Gasteiger partial charge in [-0.2, -0.15) is 0 Å². The molecule has 0 spiro atoms. The minimum Gasteiger partial charge on any atom is -0.459 e. The first-order chi connectivity index (χ1) is 19.2. The Balaban J connectivity index is 1.09. The number of rotatable bonds is 3. The molecule has 0 N–H and O–H groups in total. The molecule has 0 radical (unpaired) electrons. The summed E-state index contributed by atoms with van der Waals surface area (Å²) in [6.07, 6.45) is 16.1. The lowest BCUT2D eigenvalue weighted by Gasteiger charge is -2.16. The zero-order valence-corrected chi connectivity index (χ0v) is 21.4. The summed E-state index contributed by atoms with van der Waals surface area (Å²) in [5.74, 6) is 2.52. The normalized spacial score (nSPS) is 20.5. The van der Waals surface area contributed by atoms with Gasteiger partial charge in [-0.3, -0.25) is 15.0 Å². The van der Waals surface area contributed by atoms with Crippen molar-refractivity contribution >= 4 is 28.6 Å². The molecule has 6 nitrogen and oxygen atoms in total. The van der Waals surface area contributed by atoms with E-state index in [-0.39, 0.29) is 5.92 Å². The Morgan fingerprint density at radius 3 is 2.64 bits per heavy atom. The number of allylic oxidation sites excluding steroid dienone is 4. The maximum absolute atomic E-state index is 6.00. The third-order valence-corrected chi connectivity index (χ3v) is 7.21. The summed E-state index contributed by atoms with van der Waals surface area (Å²) in [5.41, 5.74) is 8.32. The summed E-state index contributed by atoms with van der Waals surface area (Å²) < 4.78 is 11.9. The number of para-hydroxylation sites is 1. The number of benzene rings is 1. The number of nitrogens with zero attached hydrogens (tertiary/aromatic N) is 4. The highest BCUT2D eigenvalue weighted by atomic mass is 16.5. The summed E-state index contributed by atoms with van der Waals surface area (Å²) in [7, 11) is 0. The Labute approximate surface area is 226 Å². The van der Waals surface area contributed by atoms with Crippen LogP contribution < -0.4 is 4.74 Å². The first kappa shape index (κ1) is 23.3. The molecule has 0 amide bonds. The van der Waals surface area contributed by atoms with E-state index in [0.717, 1.165) is 75.0 Å². The van der Waals surface area contributed by atoms with Crippen molar-refractivity contribution in [1.29, 1.82) is 0 Å². The monoisotopic (exact) mass is 510 g/mol. The second-order valence-corrected chi connectivity index (χ2v) is 9.80. The first-order valence-electron chi connectivity index (χ1n) is 13.2. The van der Waals surface area contributed by atoms with Gasteiger partial charge in [-0.15, -0.1) is 0 Å². The maximum atomic E-state index is 6.00. The number of pyridine rings is 2. The van der Waals surface area contributed by atoms with E-state index in [4.69, 9.17) is 29.1 Å². The van der Waals surface area contributed by atoms with Gasteiger partial charge < -0.3 is 9.15 Å². The van der Waals surface area contributed by atoms with Gasteiger partial charge in [-0.05, 0) is 54.5 Å². The standard InChI is InChI=1S/C33H26N4O2/c1-21-10-13-26(36-20-24-6-2-4-8-30(24)38-21)27-14-11-22(18-34-27)23-12-15-28(35-19-23)29-16-17-32-33(37-29)25-7-3-5-9-31(25)39-32/h2-4,6-8,10-18,23H,1,5,9,19-20H2/b13-10-,36-26+. The average molecular weight is 511 g/mol. The van der Waals surface area contributed by atoms with Crippen molar-refractivity contribution < 1.29 is 9.15 Å². The topological polar surface area (TPSA) is 72.9 Å². The van der Waals surface area contributed by atoms with Crippen LogP contribution in [-0.4, -0.2) is 27.9 Å². The second-order valence-electron chi connectivity index (χ2n) is 9.80. The van der Waals surface area contributed by atoms with E-state index in [2.05, 4.69) is 36.9 Å². The number of hydrogen-bond acceptors (Lipinski definition) is 6. The second kappa shape index (κ2) is 9.80. The molecule has 7 rings (SSSR count). The van der Waals surface area contributed by atoms with Crippen LogP contribution in [0.5, 0.6) is 5.75 Å². The summed E-state index contributed by atoms with van der Waals surface area (Å²) in [5, 5.41) is 0. The Morgan fingerprint density at radius 1 is 0.872 bits per heavy atom. The molecular weight excluding hydrogens is 484 g/mol. The van der Waals surface area contributed by atoms with Gasteiger partial charge in [0.1, 0.15) is 22.8 Å². The third-order valence-electron chi connectivity index (χ3n) is 7.21. The van der Waals surface area contributed by atoms with E-state index in [0.29, 0.717) is 18.8 Å². The number of aromatic nitrogens is 2. The quantitative estimate of drug-likeness (QED) is 0.305. The molecule has 5 heterocycles. The molecule has 190 valence electrons. The Hall–Kier alpha value is -4.84. The van der Waals surface area contributed by atoms with E-state index in [1.807, 2.05) is 60.8 Å². The number of fused-ring (bicyclic) bond motifs is 4.